The molecule has 0 saturated carbocycles. The molecule has 2 rings (SSSR count). The zero-order valence-electron chi connectivity index (χ0n) is 11.3. The summed E-state index contributed by atoms with van der Waals surface area (Å²) in [5.41, 5.74) is 4.40. The fraction of sp³-hybridized carbons (Fsp3) is 0.500. The summed E-state index contributed by atoms with van der Waals surface area (Å²) >= 11 is 0. The summed E-state index contributed by atoms with van der Waals surface area (Å²) in [5.74, 6) is 0. The van der Waals surface area contributed by atoms with Crippen LogP contribution in [0.5, 0.6) is 0 Å². The molecule has 0 bridgehead atoms. The van der Waals surface area contributed by atoms with Crippen LogP contribution in [0.3, 0.4) is 0 Å². The van der Waals surface area contributed by atoms with Crippen molar-refractivity contribution in [2.24, 2.45) is 5.41 Å². The highest BCUT2D eigenvalue weighted by atomic mass is 15.1. The molecule has 92 valence electrons. The number of hydrogen-bond acceptors (Lipinski definition) is 1. The van der Waals surface area contributed by atoms with E-state index in [0.29, 0.717) is 0 Å². The number of aryl methyl sites for hydroxylation is 1. The Morgan fingerprint density at radius 3 is 2.47 bits per heavy atom. The van der Waals surface area contributed by atoms with Gasteiger partial charge in [0.05, 0.1) is 0 Å². The molecule has 1 nitrogen and oxygen atoms in total. The molecule has 17 heavy (non-hydrogen) atoms. The second kappa shape index (κ2) is 4.56. The normalized spacial score (nSPS) is 16.3. The molecule has 0 fully saturated rings. The van der Waals surface area contributed by atoms with Gasteiger partial charge >= 0.3 is 0 Å². The first-order valence-corrected chi connectivity index (χ1v) is 6.49. The lowest BCUT2D eigenvalue weighted by atomic mass is 9.91. The van der Waals surface area contributed by atoms with E-state index in [-0.39, 0.29) is 5.41 Å². The summed E-state index contributed by atoms with van der Waals surface area (Å²) < 4.78 is 0. The Kier molecular flexibility index (Phi) is 3.28. The van der Waals surface area contributed by atoms with Gasteiger partial charge in [-0.05, 0) is 24.0 Å². The van der Waals surface area contributed by atoms with E-state index in [1.807, 2.05) is 0 Å². The van der Waals surface area contributed by atoms with Crippen LogP contribution in [0.15, 0.2) is 36.5 Å². The van der Waals surface area contributed by atoms with Crippen LogP contribution in [0.25, 0.3) is 0 Å². The Bertz CT molecular complexity index is 412. The minimum Gasteiger partial charge on any atom is -0.371 e. The fourth-order valence-electron chi connectivity index (χ4n) is 2.41. The van der Waals surface area contributed by atoms with Gasteiger partial charge in [0.25, 0.3) is 0 Å². The number of rotatable bonds is 1. The average Bonchev–Trinajstić information content (AvgIpc) is 2.48. The molecule has 0 N–H and O–H groups in total. The van der Waals surface area contributed by atoms with Crippen molar-refractivity contribution in [2.45, 2.75) is 40.2 Å². The van der Waals surface area contributed by atoms with Gasteiger partial charge in [-0.15, -0.1) is 0 Å². The maximum absolute atomic E-state index is 4.29. The van der Waals surface area contributed by atoms with Crippen LogP contribution in [0.1, 0.15) is 38.3 Å². The predicted molar refractivity (Wildman–Crippen MR) is 73.8 cm³/mol. The quantitative estimate of drug-likeness (QED) is 0.703. The van der Waals surface area contributed by atoms with E-state index < -0.39 is 0 Å². The standard InChI is InChI=1S/C16H23N/c1-13(16(2,3)4)17-11-7-10-14-8-5-6-9-15(14)12-17/h5-6,8-9H,1,7,10-12H2,2-4H3. The highest BCUT2D eigenvalue weighted by molar-refractivity contribution is 5.29. The number of allylic oxidation sites excluding steroid dienone is 1. The fourth-order valence-corrected chi connectivity index (χ4v) is 2.41. The Morgan fingerprint density at radius 2 is 1.82 bits per heavy atom. The molecule has 1 aliphatic heterocycles. The SMILES string of the molecule is C=C(N1CCCc2ccccc2C1)C(C)(C)C. The zero-order chi connectivity index (χ0) is 12.5. The van der Waals surface area contributed by atoms with Crippen molar-refractivity contribution in [1.29, 1.82) is 0 Å². The number of hydrogen-bond donors (Lipinski definition) is 0. The minimum atomic E-state index is 0.166. The lowest BCUT2D eigenvalue weighted by Crippen LogP contribution is -2.29. The molecule has 0 aromatic heterocycles. The van der Waals surface area contributed by atoms with Crippen molar-refractivity contribution in [3.8, 4) is 0 Å². The molecule has 1 aromatic rings. The van der Waals surface area contributed by atoms with Gasteiger partial charge in [-0.1, -0.05) is 51.6 Å². The molecular weight excluding hydrogens is 206 g/mol. The smallest absolute Gasteiger partial charge is 0.0429 e. The van der Waals surface area contributed by atoms with E-state index >= 15 is 0 Å². The Hall–Kier alpha value is -1.24. The van der Waals surface area contributed by atoms with Crippen LogP contribution in [0.4, 0.5) is 0 Å². The summed E-state index contributed by atoms with van der Waals surface area (Å²) in [4.78, 5) is 2.45. The first-order chi connectivity index (χ1) is 7.98. The van der Waals surface area contributed by atoms with Gasteiger partial charge < -0.3 is 4.90 Å². The Balaban J connectivity index is 2.22. The third-order valence-corrected chi connectivity index (χ3v) is 3.60. The first kappa shape index (κ1) is 12.2. The summed E-state index contributed by atoms with van der Waals surface area (Å²) in [6.45, 7) is 13.2. The summed E-state index contributed by atoms with van der Waals surface area (Å²) in [6.07, 6.45) is 2.43. The Morgan fingerprint density at radius 1 is 1.18 bits per heavy atom. The number of benzene rings is 1. The van der Waals surface area contributed by atoms with E-state index in [2.05, 4.69) is 56.5 Å². The molecule has 0 atom stereocenters. The Labute approximate surface area is 105 Å². The molecular formula is C16H23N. The maximum Gasteiger partial charge on any atom is 0.0429 e. The second-order valence-electron chi connectivity index (χ2n) is 5.99. The van der Waals surface area contributed by atoms with E-state index in [1.165, 1.54) is 29.7 Å². The summed E-state index contributed by atoms with van der Waals surface area (Å²) in [6, 6.07) is 8.80. The van der Waals surface area contributed by atoms with Gasteiger partial charge in [-0.3, -0.25) is 0 Å². The van der Waals surface area contributed by atoms with Crippen LogP contribution in [0.2, 0.25) is 0 Å². The van der Waals surface area contributed by atoms with Crippen molar-refractivity contribution in [3.63, 3.8) is 0 Å². The van der Waals surface area contributed by atoms with Crippen molar-refractivity contribution in [1.82, 2.24) is 4.90 Å². The van der Waals surface area contributed by atoms with Crippen LogP contribution < -0.4 is 0 Å². The van der Waals surface area contributed by atoms with Gasteiger partial charge in [-0.25, -0.2) is 0 Å². The molecule has 0 radical (unpaired) electrons. The van der Waals surface area contributed by atoms with Gasteiger partial charge in [0.2, 0.25) is 0 Å². The largest absolute Gasteiger partial charge is 0.371 e. The third kappa shape index (κ3) is 2.71. The van der Waals surface area contributed by atoms with E-state index in [4.69, 9.17) is 0 Å². The second-order valence-corrected chi connectivity index (χ2v) is 5.99. The average molecular weight is 229 g/mol. The highest BCUT2D eigenvalue weighted by Gasteiger charge is 2.22. The first-order valence-electron chi connectivity index (χ1n) is 6.49. The third-order valence-electron chi connectivity index (χ3n) is 3.60. The topological polar surface area (TPSA) is 3.24 Å². The number of fused-ring (bicyclic) bond motifs is 1. The van der Waals surface area contributed by atoms with Gasteiger partial charge in [0.15, 0.2) is 0 Å². The van der Waals surface area contributed by atoms with Crippen LogP contribution in [0, 0.1) is 5.41 Å². The van der Waals surface area contributed by atoms with Crippen LogP contribution in [-0.2, 0) is 13.0 Å². The van der Waals surface area contributed by atoms with Crippen LogP contribution >= 0.6 is 0 Å². The maximum atomic E-state index is 4.29. The molecule has 0 spiro atoms. The lowest BCUT2D eigenvalue weighted by molar-refractivity contribution is 0.265. The van der Waals surface area contributed by atoms with Gasteiger partial charge in [-0.2, -0.15) is 0 Å². The monoisotopic (exact) mass is 229 g/mol. The molecule has 1 heteroatoms. The lowest BCUT2D eigenvalue weighted by Gasteiger charge is -2.33. The minimum absolute atomic E-state index is 0.166. The zero-order valence-corrected chi connectivity index (χ0v) is 11.3. The van der Waals surface area contributed by atoms with Crippen molar-refractivity contribution in [2.75, 3.05) is 6.54 Å². The molecule has 0 saturated heterocycles. The molecule has 1 aliphatic rings. The van der Waals surface area contributed by atoms with Crippen molar-refractivity contribution >= 4 is 0 Å². The summed E-state index contributed by atoms with van der Waals surface area (Å²) in [5, 5.41) is 0. The molecule has 0 aliphatic carbocycles. The molecule has 1 aromatic carbocycles. The molecule has 1 heterocycles. The number of nitrogens with zero attached hydrogens (tertiary/aromatic N) is 1. The van der Waals surface area contributed by atoms with E-state index in [1.54, 1.807) is 0 Å². The predicted octanol–water partition coefficient (Wildman–Crippen LogP) is 3.99. The molecule has 0 amide bonds. The van der Waals surface area contributed by atoms with Crippen molar-refractivity contribution in [3.05, 3.63) is 47.7 Å². The van der Waals surface area contributed by atoms with Gasteiger partial charge in [0, 0.05) is 24.2 Å². The molecule has 0 unspecified atom stereocenters. The van der Waals surface area contributed by atoms with E-state index in [9.17, 15) is 0 Å². The van der Waals surface area contributed by atoms with Gasteiger partial charge in [0.1, 0.15) is 0 Å². The van der Waals surface area contributed by atoms with Crippen LogP contribution in [-0.4, -0.2) is 11.4 Å². The summed E-state index contributed by atoms with van der Waals surface area (Å²) in [7, 11) is 0. The van der Waals surface area contributed by atoms with Crippen molar-refractivity contribution < 1.29 is 0 Å². The van der Waals surface area contributed by atoms with E-state index in [0.717, 1.165) is 13.1 Å². The highest BCUT2D eigenvalue weighted by Crippen LogP contribution is 2.30.